The molecule has 0 bridgehead atoms. The van der Waals surface area contributed by atoms with Gasteiger partial charge < -0.3 is 9.88 Å². The Balaban J connectivity index is 1.21. The summed E-state index contributed by atoms with van der Waals surface area (Å²) in [5.74, 6) is 0.0340. The van der Waals surface area contributed by atoms with Crippen LogP contribution in [0.4, 0.5) is 0 Å². The summed E-state index contributed by atoms with van der Waals surface area (Å²) in [6.45, 7) is 5.98. The minimum Gasteiger partial charge on any atom is -0.361 e. The first kappa shape index (κ1) is 22.9. The standard InChI is InChI=1S/C27H31N3O3S/c1-19-7-8-23(17-20(19)2)34(32,33)30-15-11-22(12-16-30)27(31)29-13-9-21(10-14-29)25-18-28-26-6-4-3-5-24(25)26/h3-9,17-18,22,28H,10-16H2,1-2H3. The van der Waals surface area contributed by atoms with Crippen molar-refractivity contribution in [2.45, 2.75) is 38.0 Å². The van der Waals surface area contributed by atoms with Crippen molar-refractivity contribution in [1.82, 2.24) is 14.2 Å². The Morgan fingerprint density at radius 1 is 1.00 bits per heavy atom. The third-order valence-electron chi connectivity index (χ3n) is 7.38. The number of hydrogen-bond acceptors (Lipinski definition) is 3. The van der Waals surface area contributed by atoms with E-state index in [2.05, 4.69) is 29.4 Å². The van der Waals surface area contributed by atoms with Gasteiger partial charge in [0.05, 0.1) is 4.90 Å². The molecule has 0 unspecified atom stereocenters. The molecule has 0 atom stereocenters. The second-order valence-electron chi connectivity index (χ2n) is 9.44. The van der Waals surface area contributed by atoms with Gasteiger partial charge in [0.1, 0.15) is 0 Å². The molecule has 178 valence electrons. The molecule has 1 fully saturated rings. The topological polar surface area (TPSA) is 73.5 Å². The molecule has 1 saturated heterocycles. The van der Waals surface area contributed by atoms with Crippen molar-refractivity contribution in [3.8, 4) is 0 Å². The molecule has 1 amide bonds. The first-order valence-corrected chi connectivity index (χ1v) is 13.4. The molecule has 0 saturated carbocycles. The number of aryl methyl sites for hydroxylation is 2. The molecule has 3 aromatic rings. The fourth-order valence-corrected chi connectivity index (χ4v) is 6.63. The third-order valence-corrected chi connectivity index (χ3v) is 9.27. The molecule has 0 radical (unpaired) electrons. The molecular weight excluding hydrogens is 446 g/mol. The summed E-state index contributed by atoms with van der Waals surface area (Å²) in [5, 5.41) is 1.21. The molecule has 2 aliphatic rings. The minimum absolute atomic E-state index is 0.116. The molecule has 5 rings (SSSR count). The number of rotatable bonds is 4. The van der Waals surface area contributed by atoms with Gasteiger partial charge in [-0.3, -0.25) is 4.79 Å². The van der Waals surface area contributed by atoms with E-state index in [1.54, 1.807) is 12.1 Å². The van der Waals surface area contributed by atoms with E-state index in [9.17, 15) is 13.2 Å². The molecule has 1 N–H and O–H groups in total. The van der Waals surface area contributed by atoms with Crippen LogP contribution in [0.2, 0.25) is 0 Å². The lowest BCUT2D eigenvalue weighted by Gasteiger charge is -2.35. The van der Waals surface area contributed by atoms with Gasteiger partial charge in [-0.05, 0) is 68.0 Å². The number of H-pyrrole nitrogens is 1. The number of fused-ring (bicyclic) bond motifs is 1. The largest absolute Gasteiger partial charge is 0.361 e. The van der Waals surface area contributed by atoms with Crippen molar-refractivity contribution in [3.05, 3.63) is 71.4 Å². The molecule has 0 spiro atoms. The van der Waals surface area contributed by atoms with E-state index < -0.39 is 10.0 Å². The summed E-state index contributed by atoms with van der Waals surface area (Å²) < 4.78 is 27.7. The zero-order chi connectivity index (χ0) is 23.9. The van der Waals surface area contributed by atoms with Crippen LogP contribution >= 0.6 is 0 Å². The average molecular weight is 478 g/mol. The Bertz CT molecular complexity index is 1360. The molecule has 34 heavy (non-hydrogen) atoms. The predicted molar refractivity (Wildman–Crippen MR) is 135 cm³/mol. The number of carbonyl (C=O) groups excluding carboxylic acids is 1. The number of piperidine rings is 1. The van der Waals surface area contributed by atoms with Crippen LogP contribution in [0.5, 0.6) is 0 Å². The van der Waals surface area contributed by atoms with Gasteiger partial charge in [0, 0.05) is 54.8 Å². The Morgan fingerprint density at radius 2 is 1.76 bits per heavy atom. The van der Waals surface area contributed by atoms with E-state index in [1.807, 2.05) is 36.9 Å². The van der Waals surface area contributed by atoms with Gasteiger partial charge >= 0.3 is 0 Å². The van der Waals surface area contributed by atoms with Crippen molar-refractivity contribution < 1.29 is 13.2 Å². The van der Waals surface area contributed by atoms with E-state index >= 15 is 0 Å². The van der Waals surface area contributed by atoms with Crippen LogP contribution in [0.1, 0.15) is 36.0 Å². The van der Waals surface area contributed by atoms with Crippen LogP contribution in [0, 0.1) is 19.8 Å². The monoisotopic (exact) mass is 477 g/mol. The van der Waals surface area contributed by atoms with Gasteiger partial charge in [-0.1, -0.05) is 30.3 Å². The highest BCUT2D eigenvalue weighted by Crippen LogP contribution is 2.31. The normalized spacial score (nSPS) is 18.3. The number of sulfonamides is 1. The van der Waals surface area contributed by atoms with Gasteiger partial charge in [0.25, 0.3) is 0 Å². The van der Waals surface area contributed by atoms with E-state index in [0.29, 0.717) is 43.9 Å². The summed E-state index contributed by atoms with van der Waals surface area (Å²) in [4.78, 5) is 18.8. The molecule has 1 aromatic heterocycles. The molecule has 2 aliphatic heterocycles. The molecule has 6 nitrogen and oxygen atoms in total. The Hall–Kier alpha value is -2.90. The molecule has 0 aliphatic carbocycles. The summed E-state index contributed by atoms with van der Waals surface area (Å²) >= 11 is 0. The van der Waals surface area contributed by atoms with E-state index in [-0.39, 0.29) is 11.8 Å². The second-order valence-corrected chi connectivity index (χ2v) is 11.4. The number of aromatic nitrogens is 1. The summed E-state index contributed by atoms with van der Waals surface area (Å²) in [5.41, 5.74) is 5.66. The maximum Gasteiger partial charge on any atom is 0.243 e. The number of hydrogen-bond donors (Lipinski definition) is 1. The van der Waals surface area contributed by atoms with Crippen LogP contribution in [0.15, 0.2) is 59.6 Å². The Labute approximate surface area is 201 Å². The van der Waals surface area contributed by atoms with Crippen molar-refractivity contribution in [2.24, 2.45) is 5.92 Å². The maximum atomic E-state index is 13.2. The summed E-state index contributed by atoms with van der Waals surface area (Å²) in [6, 6.07) is 13.5. The van der Waals surface area contributed by atoms with Crippen LogP contribution in [-0.2, 0) is 14.8 Å². The molecule has 2 aromatic carbocycles. The average Bonchev–Trinajstić information content (AvgIpc) is 3.29. The van der Waals surface area contributed by atoms with Gasteiger partial charge in [-0.15, -0.1) is 0 Å². The number of carbonyl (C=O) groups is 1. The smallest absolute Gasteiger partial charge is 0.243 e. The summed E-state index contributed by atoms with van der Waals surface area (Å²) in [7, 11) is -3.53. The van der Waals surface area contributed by atoms with Crippen LogP contribution in [-0.4, -0.2) is 54.7 Å². The van der Waals surface area contributed by atoms with Crippen molar-refractivity contribution >= 4 is 32.4 Å². The highest BCUT2D eigenvalue weighted by molar-refractivity contribution is 7.89. The maximum absolute atomic E-state index is 13.2. The Kier molecular flexibility index (Phi) is 6.08. The number of para-hydroxylation sites is 1. The quantitative estimate of drug-likeness (QED) is 0.601. The number of aromatic amines is 1. The summed E-state index contributed by atoms with van der Waals surface area (Å²) in [6.07, 6.45) is 6.18. The van der Waals surface area contributed by atoms with Crippen molar-refractivity contribution in [3.63, 3.8) is 0 Å². The molecule has 3 heterocycles. The third kappa shape index (κ3) is 4.18. The SMILES string of the molecule is Cc1ccc(S(=O)(=O)N2CCC(C(=O)N3CC=C(c4c[nH]c5ccccc45)CC3)CC2)cc1C. The fraction of sp³-hybridized carbons (Fsp3) is 0.370. The first-order chi connectivity index (χ1) is 16.3. The van der Waals surface area contributed by atoms with Gasteiger partial charge in [-0.2, -0.15) is 4.31 Å². The number of benzene rings is 2. The lowest BCUT2D eigenvalue weighted by molar-refractivity contribution is -0.136. The van der Waals surface area contributed by atoms with Gasteiger partial charge in [0.15, 0.2) is 0 Å². The predicted octanol–water partition coefficient (Wildman–Crippen LogP) is 4.50. The minimum atomic E-state index is -3.53. The fourth-order valence-electron chi connectivity index (χ4n) is 5.08. The van der Waals surface area contributed by atoms with Crippen LogP contribution in [0.25, 0.3) is 16.5 Å². The zero-order valence-electron chi connectivity index (χ0n) is 19.8. The Morgan fingerprint density at radius 3 is 2.47 bits per heavy atom. The molecule has 7 heteroatoms. The van der Waals surface area contributed by atoms with Crippen molar-refractivity contribution in [1.29, 1.82) is 0 Å². The van der Waals surface area contributed by atoms with Crippen LogP contribution < -0.4 is 0 Å². The highest BCUT2D eigenvalue weighted by Gasteiger charge is 2.34. The lowest BCUT2D eigenvalue weighted by Crippen LogP contribution is -2.45. The highest BCUT2D eigenvalue weighted by atomic mass is 32.2. The van der Waals surface area contributed by atoms with Crippen molar-refractivity contribution in [2.75, 3.05) is 26.2 Å². The number of amides is 1. The van der Waals surface area contributed by atoms with Gasteiger partial charge in [-0.25, -0.2) is 8.42 Å². The van der Waals surface area contributed by atoms with E-state index in [4.69, 9.17) is 0 Å². The van der Waals surface area contributed by atoms with E-state index in [1.165, 1.54) is 20.8 Å². The van der Waals surface area contributed by atoms with E-state index in [0.717, 1.165) is 23.1 Å². The zero-order valence-corrected chi connectivity index (χ0v) is 20.6. The molecular formula is C27H31N3O3S. The van der Waals surface area contributed by atoms with Crippen LogP contribution in [0.3, 0.4) is 0 Å². The number of nitrogens with zero attached hydrogens (tertiary/aromatic N) is 2. The number of nitrogens with one attached hydrogen (secondary N) is 1. The van der Waals surface area contributed by atoms with Gasteiger partial charge in [0.2, 0.25) is 15.9 Å². The second kappa shape index (κ2) is 9.04. The lowest BCUT2D eigenvalue weighted by atomic mass is 9.94. The first-order valence-electron chi connectivity index (χ1n) is 12.0.